The molecule has 0 saturated heterocycles. The van der Waals surface area contributed by atoms with E-state index in [0.717, 1.165) is 11.3 Å². The van der Waals surface area contributed by atoms with Crippen LogP contribution >= 0.6 is 15.9 Å². The maximum Gasteiger partial charge on any atom is 0.172 e. The summed E-state index contributed by atoms with van der Waals surface area (Å²) in [7, 11) is 1.53. The fraction of sp³-hybridized carbons (Fsp3) is 0.214. The molecule has 0 bridgehead atoms. The lowest BCUT2D eigenvalue weighted by molar-refractivity contribution is 0.371. The number of nitrogens with zero attached hydrogens (tertiary/aromatic N) is 1. The number of methoxy groups -OCH3 is 1. The zero-order chi connectivity index (χ0) is 13.7. The number of hydrogen-bond donors (Lipinski definition) is 2. The van der Waals surface area contributed by atoms with Crippen LogP contribution in [0.15, 0.2) is 41.0 Å². The number of halogens is 1. The second-order valence-electron chi connectivity index (χ2n) is 4.05. The van der Waals surface area contributed by atoms with Crippen molar-refractivity contribution in [3.05, 3.63) is 52.3 Å². The van der Waals surface area contributed by atoms with Crippen LogP contribution in [0.3, 0.4) is 0 Å². The van der Waals surface area contributed by atoms with E-state index in [1.54, 1.807) is 6.20 Å². The number of aromatic hydroxyl groups is 1. The molecule has 0 unspecified atom stereocenters. The summed E-state index contributed by atoms with van der Waals surface area (Å²) in [4.78, 5) is 4.24. The highest BCUT2D eigenvalue weighted by Crippen LogP contribution is 2.35. The van der Waals surface area contributed by atoms with Crippen LogP contribution in [0.25, 0.3) is 0 Å². The van der Waals surface area contributed by atoms with E-state index in [-0.39, 0.29) is 5.75 Å². The van der Waals surface area contributed by atoms with E-state index in [1.807, 2.05) is 30.3 Å². The smallest absolute Gasteiger partial charge is 0.172 e. The maximum atomic E-state index is 9.72. The van der Waals surface area contributed by atoms with Gasteiger partial charge in [-0.3, -0.25) is 4.98 Å². The van der Waals surface area contributed by atoms with Gasteiger partial charge in [-0.1, -0.05) is 6.07 Å². The van der Waals surface area contributed by atoms with Gasteiger partial charge in [0.1, 0.15) is 0 Å². The van der Waals surface area contributed by atoms with E-state index in [1.165, 1.54) is 7.11 Å². The van der Waals surface area contributed by atoms with Crippen molar-refractivity contribution < 1.29 is 9.84 Å². The molecule has 0 aliphatic heterocycles. The Kier molecular flexibility index (Phi) is 4.76. The minimum absolute atomic E-state index is 0.121. The Bertz CT molecular complexity index is 547. The number of benzene rings is 1. The van der Waals surface area contributed by atoms with Crippen LogP contribution in [-0.4, -0.2) is 17.2 Å². The Balaban J connectivity index is 1.98. The molecule has 1 aromatic heterocycles. The summed E-state index contributed by atoms with van der Waals surface area (Å²) in [5.74, 6) is 0.583. The van der Waals surface area contributed by atoms with Crippen molar-refractivity contribution in [2.75, 3.05) is 7.11 Å². The van der Waals surface area contributed by atoms with Gasteiger partial charge in [-0.05, 0) is 45.8 Å². The highest BCUT2D eigenvalue weighted by molar-refractivity contribution is 9.10. The van der Waals surface area contributed by atoms with Gasteiger partial charge in [0.05, 0.1) is 17.3 Å². The van der Waals surface area contributed by atoms with Crippen LogP contribution in [0.2, 0.25) is 0 Å². The van der Waals surface area contributed by atoms with E-state index in [0.29, 0.717) is 23.3 Å². The predicted molar refractivity (Wildman–Crippen MR) is 77.1 cm³/mol. The SMILES string of the molecule is COc1cc(CNCc2ccccn2)cc(Br)c1O. The van der Waals surface area contributed by atoms with Crippen molar-refractivity contribution in [2.45, 2.75) is 13.1 Å². The Morgan fingerprint density at radius 1 is 1.32 bits per heavy atom. The van der Waals surface area contributed by atoms with Gasteiger partial charge in [0.25, 0.3) is 0 Å². The number of aromatic nitrogens is 1. The highest BCUT2D eigenvalue weighted by atomic mass is 79.9. The summed E-state index contributed by atoms with van der Waals surface area (Å²) >= 11 is 3.30. The lowest BCUT2D eigenvalue weighted by Crippen LogP contribution is -2.13. The van der Waals surface area contributed by atoms with Crippen molar-refractivity contribution >= 4 is 15.9 Å². The van der Waals surface area contributed by atoms with Gasteiger partial charge in [-0.2, -0.15) is 0 Å². The second-order valence-corrected chi connectivity index (χ2v) is 4.91. The Hall–Kier alpha value is -1.59. The van der Waals surface area contributed by atoms with Gasteiger partial charge in [0.2, 0.25) is 0 Å². The molecule has 2 rings (SSSR count). The summed E-state index contributed by atoms with van der Waals surface area (Å²) in [5, 5.41) is 13.0. The first-order valence-corrected chi connectivity index (χ1v) is 6.66. The van der Waals surface area contributed by atoms with E-state index in [9.17, 15) is 5.11 Å². The molecule has 19 heavy (non-hydrogen) atoms. The average Bonchev–Trinajstić information content (AvgIpc) is 2.43. The Morgan fingerprint density at radius 2 is 2.16 bits per heavy atom. The van der Waals surface area contributed by atoms with Gasteiger partial charge in [-0.25, -0.2) is 0 Å². The van der Waals surface area contributed by atoms with Gasteiger partial charge >= 0.3 is 0 Å². The van der Waals surface area contributed by atoms with Crippen LogP contribution in [0.4, 0.5) is 0 Å². The van der Waals surface area contributed by atoms with Crippen LogP contribution in [-0.2, 0) is 13.1 Å². The topological polar surface area (TPSA) is 54.4 Å². The molecule has 5 heteroatoms. The summed E-state index contributed by atoms with van der Waals surface area (Å²) in [6, 6.07) is 9.50. The molecule has 1 aromatic carbocycles. The molecule has 0 aliphatic rings. The summed E-state index contributed by atoms with van der Waals surface area (Å²) in [6.07, 6.45) is 1.77. The monoisotopic (exact) mass is 322 g/mol. The van der Waals surface area contributed by atoms with Crippen LogP contribution < -0.4 is 10.1 Å². The molecule has 0 radical (unpaired) electrons. The number of ether oxygens (including phenoxy) is 1. The first-order valence-electron chi connectivity index (χ1n) is 5.86. The lowest BCUT2D eigenvalue weighted by atomic mass is 10.2. The van der Waals surface area contributed by atoms with Crippen molar-refractivity contribution in [1.29, 1.82) is 0 Å². The Morgan fingerprint density at radius 3 is 2.84 bits per heavy atom. The molecular formula is C14H15BrN2O2. The third-order valence-corrected chi connectivity index (χ3v) is 3.27. The molecule has 0 spiro atoms. The molecule has 0 amide bonds. The van der Waals surface area contributed by atoms with E-state index in [2.05, 4.69) is 26.2 Å². The third kappa shape index (κ3) is 3.68. The number of phenols is 1. The molecule has 0 fully saturated rings. The molecule has 0 atom stereocenters. The molecule has 2 aromatic rings. The number of hydrogen-bond acceptors (Lipinski definition) is 4. The molecular weight excluding hydrogens is 308 g/mol. The van der Waals surface area contributed by atoms with Crippen molar-refractivity contribution in [2.24, 2.45) is 0 Å². The minimum Gasteiger partial charge on any atom is -0.503 e. The van der Waals surface area contributed by atoms with Gasteiger partial charge < -0.3 is 15.2 Å². The fourth-order valence-corrected chi connectivity index (χ4v) is 2.21. The maximum absolute atomic E-state index is 9.72. The molecule has 2 N–H and O–H groups in total. The van der Waals surface area contributed by atoms with Gasteiger partial charge in [0, 0.05) is 19.3 Å². The Labute approximate surface area is 120 Å². The van der Waals surface area contributed by atoms with Crippen LogP contribution in [0, 0.1) is 0 Å². The van der Waals surface area contributed by atoms with E-state index < -0.39 is 0 Å². The van der Waals surface area contributed by atoms with Gasteiger partial charge in [0.15, 0.2) is 11.5 Å². The highest BCUT2D eigenvalue weighted by Gasteiger charge is 2.08. The van der Waals surface area contributed by atoms with Gasteiger partial charge in [-0.15, -0.1) is 0 Å². The fourth-order valence-electron chi connectivity index (χ4n) is 1.72. The van der Waals surface area contributed by atoms with E-state index in [4.69, 9.17) is 4.74 Å². The standard InChI is InChI=1S/C14H15BrN2O2/c1-19-13-7-10(6-12(15)14(13)18)8-16-9-11-4-2-3-5-17-11/h2-7,16,18H,8-9H2,1H3. The molecule has 4 nitrogen and oxygen atoms in total. The predicted octanol–water partition coefficient (Wildman–Crippen LogP) is 2.85. The summed E-state index contributed by atoms with van der Waals surface area (Å²) in [5.41, 5.74) is 2.02. The first-order chi connectivity index (χ1) is 9.20. The van der Waals surface area contributed by atoms with Crippen molar-refractivity contribution in [1.82, 2.24) is 10.3 Å². The van der Waals surface area contributed by atoms with Crippen molar-refractivity contribution in [3.63, 3.8) is 0 Å². The normalized spacial score (nSPS) is 10.4. The minimum atomic E-state index is 0.121. The number of rotatable bonds is 5. The van der Waals surface area contributed by atoms with Crippen LogP contribution in [0.5, 0.6) is 11.5 Å². The average molecular weight is 323 g/mol. The lowest BCUT2D eigenvalue weighted by Gasteiger charge is -2.09. The molecule has 100 valence electrons. The number of nitrogens with one attached hydrogen (secondary N) is 1. The zero-order valence-corrected chi connectivity index (χ0v) is 12.1. The summed E-state index contributed by atoms with van der Waals surface area (Å²) in [6.45, 7) is 1.37. The van der Waals surface area contributed by atoms with Crippen molar-refractivity contribution in [3.8, 4) is 11.5 Å². The van der Waals surface area contributed by atoms with E-state index >= 15 is 0 Å². The molecule has 1 heterocycles. The quantitative estimate of drug-likeness (QED) is 0.888. The van der Waals surface area contributed by atoms with Crippen LogP contribution in [0.1, 0.15) is 11.3 Å². The third-order valence-electron chi connectivity index (χ3n) is 2.67. The largest absolute Gasteiger partial charge is 0.503 e. The zero-order valence-electron chi connectivity index (χ0n) is 10.6. The molecule has 0 aliphatic carbocycles. The molecule has 0 saturated carbocycles. The summed E-state index contributed by atoms with van der Waals surface area (Å²) < 4.78 is 5.74. The number of pyridine rings is 1. The first kappa shape index (κ1) is 13.8. The number of phenolic OH excluding ortho intramolecular Hbond substituents is 1. The second kappa shape index (κ2) is 6.54.